The van der Waals surface area contributed by atoms with E-state index in [1.807, 2.05) is 0 Å². The molecule has 0 N–H and O–H groups in total. The zero-order valence-electron chi connectivity index (χ0n) is 15.7. The Bertz CT molecular complexity index is 401. The van der Waals surface area contributed by atoms with E-state index in [2.05, 4.69) is 20.9 Å². The van der Waals surface area contributed by atoms with Crippen molar-refractivity contribution in [3.63, 3.8) is 0 Å². The molecule has 0 bridgehead atoms. The Labute approximate surface area is 144 Å². The van der Waals surface area contributed by atoms with Gasteiger partial charge in [-0.1, -0.05) is 58.3 Å². The number of nitrogens with zero attached hydrogens (tertiary/aromatic N) is 2. The highest BCUT2D eigenvalue weighted by Crippen LogP contribution is 2.15. The van der Waals surface area contributed by atoms with E-state index in [-0.39, 0.29) is 0 Å². The third kappa shape index (κ3) is 7.99. The quantitative estimate of drug-likeness (QED) is 0.399. The van der Waals surface area contributed by atoms with Crippen molar-refractivity contribution in [1.29, 1.82) is 0 Å². The van der Waals surface area contributed by atoms with Gasteiger partial charge in [0.15, 0.2) is 0 Å². The van der Waals surface area contributed by atoms with Gasteiger partial charge in [0.1, 0.15) is 0 Å². The molecule has 5 heteroatoms. The summed E-state index contributed by atoms with van der Waals surface area (Å²) in [6.45, 7) is 8.82. The molecule has 1 fully saturated rings. The topological polar surface area (TPSA) is 37.4 Å². The van der Waals surface area contributed by atoms with Crippen LogP contribution in [0.25, 0.3) is 0 Å². The fourth-order valence-corrected chi connectivity index (χ4v) is 4.79. The van der Waals surface area contributed by atoms with E-state index in [1.54, 1.807) is 4.31 Å². The van der Waals surface area contributed by atoms with Crippen molar-refractivity contribution < 1.29 is 12.9 Å². The monoisotopic (exact) mass is 347 g/mol. The fraction of sp³-hybridized carbons (Fsp3) is 1.00. The first-order valence-electron chi connectivity index (χ1n) is 9.75. The van der Waals surface area contributed by atoms with Crippen molar-refractivity contribution in [3.05, 3.63) is 0 Å². The van der Waals surface area contributed by atoms with E-state index in [9.17, 15) is 8.42 Å². The van der Waals surface area contributed by atoms with Gasteiger partial charge in [0.2, 0.25) is 10.0 Å². The third-order valence-electron chi connectivity index (χ3n) is 5.44. The van der Waals surface area contributed by atoms with Crippen LogP contribution in [0.15, 0.2) is 0 Å². The van der Waals surface area contributed by atoms with Crippen LogP contribution in [0.1, 0.15) is 71.6 Å². The molecule has 0 saturated carbocycles. The van der Waals surface area contributed by atoms with Crippen molar-refractivity contribution in [2.24, 2.45) is 0 Å². The van der Waals surface area contributed by atoms with Gasteiger partial charge in [-0.15, -0.1) is 0 Å². The molecule has 0 aromatic heterocycles. The Hall–Kier alpha value is -0.130. The minimum Gasteiger partial charge on any atom is -0.324 e. The van der Waals surface area contributed by atoms with Gasteiger partial charge in [0.25, 0.3) is 0 Å². The lowest BCUT2D eigenvalue weighted by Crippen LogP contribution is -2.58. The van der Waals surface area contributed by atoms with Gasteiger partial charge >= 0.3 is 0 Å². The average molecular weight is 348 g/mol. The Morgan fingerprint density at radius 1 is 0.826 bits per heavy atom. The molecule has 0 radical (unpaired) electrons. The number of hydrogen-bond donors (Lipinski definition) is 0. The molecule has 4 nitrogen and oxygen atoms in total. The molecule has 1 heterocycles. The summed E-state index contributed by atoms with van der Waals surface area (Å²) < 4.78 is 27.6. The average Bonchev–Trinajstić information content (AvgIpc) is 2.54. The maximum atomic E-state index is 12.4. The second kappa shape index (κ2) is 10.7. The minimum atomic E-state index is -3.02. The zero-order chi connectivity index (χ0) is 17.2. The molecular weight excluding hydrogens is 308 g/mol. The molecule has 0 aliphatic carbocycles. The molecule has 0 unspecified atom stereocenters. The standard InChI is InChI=1S/C18H39N2O2S/c1-4-6-7-8-9-10-11-12-13-18-23(21,22)19-14-16-20(3,5-2)17-15-19/h4-18H2,1-3H3/q+1. The summed E-state index contributed by atoms with van der Waals surface area (Å²) in [5.74, 6) is 0.346. The number of hydrogen-bond acceptors (Lipinski definition) is 2. The van der Waals surface area contributed by atoms with Gasteiger partial charge in [0.05, 0.1) is 45.5 Å². The number of unbranched alkanes of at least 4 members (excludes halogenated alkanes) is 8. The van der Waals surface area contributed by atoms with Crippen LogP contribution in [0.3, 0.4) is 0 Å². The molecule has 0 amide bonds. The molecule has 0 aromatic carbocycles. The molecular formula is C18H39N2O2S+. The van der Waals surface area contributed by atoms with Crippen molar-refractivity contribution in [2.75, 3.05) is 45.5 Å². The summed E-state index contributed by atoms with van der Waals surface area (Å²) >= 11 is 0. The van der Waals surface area contributed by atoms with Crippen LogP contribution in [-0.2, 0) is 10.0 Å². The summed E-state index contributed by atoms with van der Waals surface area (Å²) in [4.78, 5) is 0. The lowest BCUT2D eigenvalue weighted by atomic mass is 10.1. The molecule has 1 aliphatic heterocycles. The predicted molar refractivity (Wildman–Crippen MR) is 99.0 cm³/mol. The first kappa shape index (κ1) is 20.9. The minimum absolute atomic E-state index is 0.346. The highest BCUT2D eigenvalue weighted by Gasteiger charge is 2.32. The first-order chi connectivity index (χ1) is 10.9. The van der Waals surface area contributed by atoms with Crippen molar-refractivity contribution >= 4 is 10.0 Å². The van der Waals surface area contributed by atoms with Gasteiger partial charge in [-0.25, -0.2) is 8.42 Å². The Kier molecular flexibility index (Phi) is 9.71. The molecule has 0 aromatic rings. The lowest BCUT2D eigenvalue weighted by Gasteiger charge is -2.40. The molecule has 138 valence electrons. The van der Waals surface area contributed by atoms with Crippen LogP contribution in [-0.4, -0.2) is 62.7 Å². The zero-order valence-corrected chi connectivity index (χ0v) is 16.5. The lowest BCUT2D eigenvalue weighted by molar-refractivity contribution is -0.911. The van der Waals surface area contributed by atoms with Crippen LogP contribution in [0.5, 0.6) is 0 Å². The number of piperazine rings is 1. The summed E-state index contributed by atoms with van der Waals surface area (Å²) in [5, 5.41) is 0. The van der Waals surface area contributed by atoms with Crippen molar-refractivity contribution in [2.45, 2.75) is 71.6 Å². The number of likely N-dealkylation sites (N-methyl/N-ethyl adjacent to an activating group) is 1. The number of sulfonamides is 1. The number of rotatable bonds is 12. The van der Waals surface area contributed by atoms with E-state index in [4.69, 9.17) is 0 Å². The summed E-state index contributed by atoms with van der Waals surface area (Å²) in [6.07, 6.45) is 11.0. The van der Waals surface area contributed by atoms with Crippen LogP contribution in [0.2, 0.25) is 0 Å². The van der Waals surface area contributed by atoms with Gasteiger partial charge in [0, 0.05) is 0 Å². The largest absolute Gasteiger partial charge is 0.324 e. The van der Waals surface area contributed by atoms with E-state index in [1.165, 1.54) is 44.9 Å². The highest BCUT2D eigenvalue weighted by molar-refractivity contribution is 7.89. The van der Waals surface area contributed by atoms with Crippen LogP contribution >= 0.6 is 0 Å². The third-order valence-corrected chi connectivity index (χ3v) is 7.40. The van der Waals surface area contributed by atoms with Crippen LogP contribution in [0, 0.1) is 0 Å². The molecule has 1 aliphatic rings. The second-order valence-electron chi connectivity index (χ2n) is 7.43. The van der Waals surface area contributed by atoms with E-state index < -0.39 is 10.0 Å². The summed E-state index contributed by atoms with van der Waals surface area (Å²) in [6, 6.07) is 0. The van der Waals surface area contributed by atoms with Gasteiger partial charge in [-0.05, 0) is 13.3 Å². The Balaban J connectivity index is 2.12. The summed E-state index contributed by atoms with van der Waals surface area (Å²) in [7, 11) is -0.797. The molecule has 1 rings (SSSR count). The van der Waals surface area contributed by atoms with E-state index in [0.717, 1.165) is 37.0 Å². The summed E-state index contributed by atoms with van der Waals surface area (Å²) in [5.41, 5.74) is 0. The highest BCUT2D eigenvalue weighted by atomic mass is 32.2. The van der Waals surface area contributed by atoms with Crippen molar-refractivity contribution in [1.82, 2.24) is 4.31 Å². The molecule has 0 spiro atoms. The van der Waals surface area contributed by atoms with Gasteiger partial charge in [-0.3, -0.25) is 0 Å². The number of quaternary nitrogens is 1. The van der Waals surface area contributed by atoms with Crippen molar-refractivity contribution in [3.8, 4) is 0 Å². The van der Waals surface area contributed by atoms with Crippen LogP contribution in [0.4, 0.5) is 0 Å². The Morgan fingerprint density at radius 3 is 1.78 bits per heavy atom. The molecule has 1 saturated heterocycles. The normalized spacial score (nSPS) is 19.1. The smallest absolute Gasteiger partial charge is 0.214 e. The fourth-order valence-electron chi connectivity index (χ4n) is 3.25. The van der Waals surface area contributed by atoms with E-state index in [0.29, 0.717) is 18.8 Å². The maximum Gasteiger partial charge on any atom is 0.214 e. The van der Waals surface area contributed by atoms with Crippen LogP contribution < -0.4 is 0 Å². The predicted octanol–water partition coefficient (Wildman–Crippen LogP) is 3.63. The van der Waals surface area contributed by atoms with Gasteiger partial charge < -0.3 is 4.48 Å². The Morgan fingerprint density at radius 2 is 1.30 bits per heavy atom. The molecule has 23 heavy (non-hydrogen) atoms. The SMILES string of the molecule is CCCCCCCCCCCS(=O)(=O)N1CC[N+](C)(CC)CC1. The van der Waals surface area contributed by atoms with Gasteiger partial charge in [-0.2, -0.15) is 4.31 Å². The molecule has 0 atom stereocenters. The second-order valence-corrected chi connectivity index (χ2v) is 9.51. The van der Waals surface area contributed by atoms with E-state index >= 15 is 0 Å². The first-order valence-corrected chi connectivity index (χ1v) is 11.4. The maximum absolute atomic E-state index is 12.4.